The van der Waals surface area contributed by atoms with Crippen LogP contribution in [0.15, 0.2) is 290 Å². The Morgan fingerprint density at radius 3 is 1.33 bits per heavy atom. The van der Waals surface area contributed by atoms with Gasteiger partial charge >= 0.3 is 5.69 Å². The molecule has 86 heavy (non-hydrogen) atoms. The first-order valence-corrected chi connectivity index (χ1v) is 29.8. The van der Waals surface area contributed by atoms with E-state index in [1.165, 1.54) is 55.0 Å². The summed E-state index contributed by atoms with van der Waals surface area (Å²) in [6.07, 6.45) is 15.6. The third-order valence-electron chi connectivity index (χ3n) is 18.4. The molecule has 1 aliphatic heterocycles. The molecule has 18 rings (SSSR count). The maximum Gasteiger partial charge on any atom is 0.338 e. The highest BCUT2D eigenvalue weighted by atomic mass is 16.1. The van der Waals surface area contributed by atoms with E-state index in [-0.39, 0.29) is 17.6 Å². The zero-order valence-electron chi connectivity index (χ0n) is 46.9. The van der Waals surface area contributed by atoms with Crippen molar-refractivity contribution < 1.29 is 0 Å². The second-order valence-corrected chi connectivity index (χ2v) is 23.1. The number of allylic oxidation sites excluding steroid dienone is 3. The number of hydrogen-bond acceptors (Lipinski definition) is 2. The molecule has 7 heteroatoms. The van der Waals surface area contributed by atoms with Crippen LogP contribution in [-0.2, 0) is 6.42 Å². The summed E-state index contributed by atoms with van der Waals surface area (Å²) in [6, 6.07) is 91.9. The van der Waals surface area contributed by atoms with Crippen molar-refractivity contribution in [1.29, 1.82) is 0 Å². The molecule has 5 heterocycles. The van der Waals surface area contributed by atoms with Crippen molar-refractivity contribution in [2.75, 3.05) is 4.90 Å². The predicted octanol–water partition coefficient (Wildman–Crippen LogP) is 18.9. The van der Waals surface area contributed by atoms with E-state index in [0.717, 1.165) is 102 Å². The standard InChI is InChI=1S/C79H54N6O/c86-79-84(55-23-19-21-51(43-55)53-45-57(80-69-33-9-1-25-61(69)62-26-2-10-34-70(62)80)49-58(46-53)81-71-35-11-3-27-63(71)64-28-4-12-36-72(64)81)77-41-17-18-42-78(77)85(79)56-24-20-22-52(44-56)54-47-59(82-73-37-13-5-29-65(73)66-30-6-14-38-74(66)82)50-60(48-54)83-75-39-15-7-31-67(75)68-32-8-16-40-76(68)83/h1-15,17-39,41-50,65,73H,16,40H2. The van der Waals surface area contributed by atoms with Crippen LogP contribution in [0.2, 0.25) is 0 Å². The topological polar surface area (TPSA) is 45.0 Å². The van der Waals surface area contributed by atoms with Crippen LogP contribution in [0.25, 0.3) is 122 Å². The highest BCUT2D eigenvalue weighted by Crippen LogP contribution is 2.49. The van der Waals surface area contributed by atoms with Gasteiger partial charge in [-0.05, 0) is 150 Å². The maximum atomic E-state index is 15.7. The molecule has 0 spiro atoms. The number of aromatic nitrogens is 5. The normalized spacial score (nSPS) is 15.2. The van der Waals surface area contributed by atoms with Gasteiger partial charge in [-0.25, -0.2) is 4.79 Å². The van der Waals surface area contributed by atoms with E-state index in [1.54, 1.807) is 0 Å². The van der Waals surface area contributed by atoms with Gasteiger partial charge in [-0.3, -0.25) is 9.13 Å². The van der Waals surface area contributed by atoms with Crippen LogP contribution in [0.1, 0.15) is 29.2 Å². The van der Waals surface area contributed by atoms with Crippen LogP contribution in [0.5, 0.6) is 0 Å². The third kappa shape index (κ3) is 7.24. The Labute approximate surface area is 496 Å². The Morgan fingerprint density at radius 1 is 0.337 bits per heavy atom. The minimum atomic E-state index is -0.143. The minimum Gasteiger partial charge on any atom is -0.333 e. The number of imidazole rings is 1. The zero-order chi connectivity index (χ0) is 56.6. The van der Waals surface area contributed by atoms with Gasteiger partial charge in [-0.2, -0.15) is 0 Å². The molecule has 2 unspecified atom stereocenters. The van der Waals surface area contributed by atoms with E-state index in [9.17, 15) is 0 Å². The molecule has 11 aromatic carbocycles. The minimum absolute atomic E-state index is 0.124. The first-order chi connectivity index (χ1) is 42.6. The van der Waals surface area contributed by atoms with Gasteiger partial charge in [0.05, 0.1) is 56.0 Å². The number of hydrogen-bond donors (Lipinski definition) is 0. The lowest BCUT2D eigenvalue weighted by Gasteiger charge is -2.30. The number of benzene rings is 11. The molecule has 0 bridgehead atoms. The Balaban J connectivity index is 0.802. The molecule has 2 aliphatic carbocycles. The highest BCUT2D eigenvalue weighted by molar-refractivity contribution is 6.11. The van der Waals surface area contributed by atoms with Crippen molar-refractivity contribution in [3.63, 3.8) is 0 Å². The first kappa shape index (κ1) is 48.4. The largest absolute Gasteiger partial charge is 0.338 e. The fraction of sp³-hybridized carbons (Fsp3) is 0.0506. The Hall–Kier alpha value is -11.2. The molecule has 0 saturated heterocycles. The molecular weight excluding hydrogens is 1050 g/mol. The van der Waals surface area contributed by atoms with Crippen molar-refractivity contribution in [2.45, 2.75) is 24.8 Å². The average Bonchev–Trinajstić information content (AvgIpc) is 3.68. The summed E-state index contributed by atoms with van der Waals surface area (Å²) in [7, 11) is 0. The lowest BCUT2D eigenvalue weighted by atomic mass is 9.91. The summed E-state index contributed by atoms with van der Waals surface area (Å²) in [4.78, 5) is 18.3. The lowest BCUT2D eigenvalue weighted by Crippen LogP contribution is -2.28. The van der Waals surface area contributed by atoms with Crippen LogP contribution in [0.4, 0.5) is 11.4 Å². The Morgan fingerprint density at radius 2 is 0.767 bits per heavy atom. The van der Waals surface area contributed by atoms with E-state index in [1.807, 2.05) is 21.3 Å². The molecule has 4 aromatic heterocycles. The van der Waals surface area contributed by atoms with Crippen LogP contribution >= 0.6 is 0 Å². The van der Waals surface area contributed by atoms with Gasteiger partial charge < -0.3 is 18.6 Å². The molecular formula is C79H54N6O. The monoisotopic (exact) mass is 1100 g/mol. The van der Waals surface area contributed by atoms with Crippen molar-refractivity contribution >= 4 is 83.0 Å². The molecule has 3 aliphatic rings. The van der Waals surface area contributed by atoms with Gasteiger partial charge in [0.2, 0.25) is 0 Å². The summed E-state index contributed by atoms with van der Waals surface area (Å²) < 4.78 is 11.1. The van der Waals surface area contributed by atoms with Crippen molar-refractivity contribution in [3.8, 4) is 50.7 Å². The van der Waals surface area contributed by atoms with Crippen LogP contribution < -0.4 is 10.6 Å². The average molecular weight is 1100 g/mol. The van der Waals surface area contributed by atoms with Crippen molar-refractivity contribution in [2.24, 2.45) is 0 Å². The molecule has 0 amide bonds. The van der Waals surface area contributed by atoms with E-state index < -0.39 is 0 Å². The fourth-order valence-electron chi connectivity index (χ4n) is 14.8. The van der Waals surface area contributed by atoms with E-state index in [2.05, 4.69) is 298 Å². The number of fused-ring (bicyclic) bond motifs is 13. The smallest absolute Gasteiger partial charge is 0.333 e. The second-order valence-electron chi connectivity index (χ2n) is 23.1. The molecule has 15 aromatic rings. The molecule has 0 fully saturated rings. The van der Waals surface area contributed by atoms with Gasteiger partial charge in [-0.15, -0.1) is 0 Å². The van der Waals surface area contributed by atoms with E-state index in [4.69, 9.17) is 0 Å². The van der Waals surface area contributed by atoms with E-state index in [0.29, 0.717) is 0 Å². The van der Waals surface area contributed by atoms with Gasteiger partial charge in [0.25, 0.3) is 0 Å². The molecule has 0 radical (unpaired) electrons. The maximum absolute atomic E-state index is 15.7. The van der Waals surface area contributed by atoms with Gasteiger partial charge in [0.1, 0.15) is 0 Å². The molecule has 7 nitrogen and oxygen atoms in total. The zero-order valence-corrected chi connectivity index (χ0v) is 46.9. The number of para-hydroxylation sites is 8. The van der Waals surface area contributed by atoms with Crippen LogP contribution in [0, 0.1) is 0 Å². The molecule has 2 atom stereocenters. The van der Waals surface area contributed by atoms with Crippen LogP contribution in [0.3, 0.4) is 0 Å². The summed E-state index contributed by atoms with van der Waals surface area (Å²) in [5.74, 6) is 0.238. The lowest BCUT2D eigenvalue weighted by molar-refractivity contribution is 0.744. The number of anilines is 2. The first-order valence-electron chi connectivity index (χ1n) is 29.8. The molecule has 0 saturated carbocycles. The number of rotatable bonds is 8. The van der Waals surface area contributed by atoms with E-state index >= 15 is 4.79 Å². The quantitative estimate of drug-likeness (QED) is 0.152. The Bertz CT molecular complexity index is 5260. The Kier molecular flexibility index (Phi) is 10.7. The van der Waals surface area contributed by atoms with Crippen molar-refractivity contribution in [3.05, 3.63) is 312 Å². The highest BCUT2D eigenvalue weighted by Gasteiger charge is 2.37. The van der Waals surface area contributed by atoms with Gasteiger partial charge in [0, 0.05) is 72.5 Å². The molecule has 406 valence electrons. The summed E-state index contributed by atoms with van der Waals surface area (Å²) in [5, 5.41) is 6.08. The van der Waals surface area contributed by atoms with Gasteiger partial charge in [-0.1, -0.05) is 182 Å². The van der Waals surface area contributed by atoms with Crippen LogP contribution in [-0.4, -0.2) is 28.9 Å². The summed E-state index contributed by atoms with van der Waals surface area (Å²) >= 11 is 0. The second kappa shape index (κ2) is 18.9. The molecule has 0 N–H and O–H groups in total. The SMILES string of the molecule is O=c1n(-c2cccc(-c3cc(N4c5ccccc5C5C=CC=CC54)cc(-n4c5c(c6ccccc64)C=CCC5)c3)c2)c2ccccc2n1-c1cccc(-c2cc(-n3c4ccccc4c4ccccc43)cc(-n3c4ccccc4c4ccccc43)c2)c1. The van der Waals surface area contributed by atoms with Gasteiger partial charge in [0.15, 0.2) is 0 Å². The summed E-state index contributed by atoms with van der Waals surface area (Å²) in [5.41, 5.74) is 22.5. The summed E-state index contributed by atoms with van der Waals surface area (Å²) in [6.45, 7) is 0. The predicted molar refractivity (Wildman–Crippen MR) is 356 cm³/mol. The fourth-order valence-corrected chi connectivity index (χ4v) is 14.8. The third-order valence-corrected chi connectivity index (χ3v) is 18.4. The van der Waals surface area contributed by atoms with Crippen molar-refractivity contribution in [1.82, 2.24) is 22.8 Å². The number of nitrogens with zero attached hydrogens (tertiary/aromatic N) is 6.